The number of piperazine rings is 1. The van der Waals surface area contributed by atoms with E-state index in [2.05, 4.69) is 32.1 Å². The molecule has 0 saturated carbocycles. The molecule has 0 unspecified atom stereocenters. The number of H-pyrrole nitrogens is 2. The van der Waals surface area contributed by atoms with Gasteiger partial charge in [-0.1, -0.05) is 32.6 Å². The summed E-state index contributed by atoms with van der Waals surface area (Å²) in [6, 6.07) is 3.38. The number of hydrogen-bond donors (Lipinski definition) is 3. The molecular weight excluding hydrogens is 436 g/mol. The molecule has 3 aromatic heterocycles. The Kier molecular flexibility index (Phi) is 7.79. The molecule has 0 atom stereocenters. The van der Waals surface area contributed by atoms with Crippen LogP contribution in [-0.4, -0.2) is 62.7 Å². The van der Waals surface area contributed by atoms with Gasteiger partial charge in [0.1, 0.15) is 5.65 Å². The molecule has 1 aliphatic heterocycles. The highest BCUT2D eigenvalue weighted by atomic mass is 16.3. The zero-order chi connectivity index (χ0) is 23.9. The highest BCUT2D eigenvalue weighted by molar-refractivity contribution is 5.91. The standard InChI is InChI=1S/C24H32N6O4/c1-2-3-4-5-6-9-19(31)26-24-27-21-20(22(32)28-24)17(15-25-21)16-29-10-12-30(13-11-29)23(33)18-8-7-14-34-18/h7-8,14-15H,2-6,9-13,16H2,1H3,(H3,25,26,27,28,31,32). The molecule has 3 N–H and O–H groups in total. The van der Waals surface area contributed by atoms with Crippen LogP contribution in [0.5, 0.6) is 0 Å². The zero-order valence-corrected chi connectivity index (χ0v) is 19.6. The summed E-state index contributed by atoms with van der Waals surface area (Å²) in [7, 11) is 0. The van der Waals surface area contributed by atoms with Crippen LogP contribution in [0, 0.1) is 0 Å². The van der Waals surface area contributed by atoms with E-state index in [4.69, 9.17) is 4.42 Å². The smallest absolute Gasteiger partial charge is 0.289 e. The van der Waals surface area contributed by atoms with Crippen molar-refractivity contribution in [1.82, 2.24) is 24.8 Å². The van der Waals surface area contributed by atoms with Crippen LogP contribution in [0.25, 0.3) is 11.0 Å². The van der Waals surface area contributed by atoms with Crippen LogP contribution in [-0.2, 0) is 11.3 Å². The maximum Gasteiger partial charge on any atom is 0.289 e. The van der Waals surface area contributed by atoms with Crippen LogP contribution in [0.15, 0.2) is 33.8 Å². The molecular formula is C24H32N6O4. The number of unbranched alkanes of at least 4 members (excludes halogenated alkanes) is 4. The molecule has 2 amide bonds. The lowest BCUT2D eigenvalue weighted by Gasteiger charge is -2.34. The summed E-state index contributed by atoms with van der Waals surface area (Å²) in [5.74, 6) is 0.261. The van der Waals surface area contributed by atoms with Gasteiger partial charge in [0, 0.05) is 45.3 Å². The Morgan fingerprint density at radius 1 is 1.15 bits per heavy atom. The van der Waals surface area contributed by atoms with Gasteiger partial charge in [-0.15, -0.1) is 0 Å². The average molecular weight is 469 g/mol. The number of furan rings is 1. The van der Waals surface area contributed by atoms with E-state index in [-0.39, 0.29) is 23.3 Å². The molecule has 0 bridgehead atoms. The largest absolute Gasteiger partial charge is 0.459 e. The van der Waals surface area contributed by atoms with Gasteiger partial charge in [0.05, 0.1) is 11.6 Å². The molecule has 0 aliphatic carbocycles. The van der Waals surface area contributed by atoms with Crippen molar-refractivity contribution in [3.8, 4) is 0 Å². The molecule has 4 rings (SSSR count). The lowest BCUT2D eigenvalue weighted by molar-refractivity contribution is -0.116. The third kappa shape index (κ3) is 5.74. The van der Waals surface area contributed by atoms with Gasteiger partial charge >= 0.3 is 0 Å². The molecule has 10 nitrogen and oxygen atoms in total. The first-order valence-corrected chi connectivity index (χ1v) is 12.0. The van der Waals surface area contributed by atoms with Crippen molar-refractivity contribution in [3.05, 3.63) is 46.3 Å². The maximum absolute atomic E-state index is 12.8. The number of hydrogen-bond acceptors (Lipinski definition) is 6. The van der Waals surface area contributed by atoms with Gasteiger partial charge in [0.2, 0.25) is 11.9 Å². The van der Waals surface area contributed by atoms with Crippen LogP contribution in [0.1, 0.15) is 61.6 Å². The van der Waals surface area contributed by atoms with Crippen molar-refractivity contribution in [3.63, 3.8) is 0 Å². The second-order valence-electron chi connectivity index (χ2n) is 8.71. The predicted octanol–water partition coefficient (Wildman–Crippen LogP) is 3.10. The van der Waals surface area contributed by atoms with E-state index in [9.17, 15) is 14.4 Å². The third-order valence-electron chi connectivity index (χ3n) is 6.17. The Labute approximate surface area is 197 Å². The molecule has 1 saturated heterocycles. The molecule has 1 fully saturated rings. The number of fused-ring (bicyclic) bond motifs is 1. The van der Waals surface area contributed by atoms with Gasteiger partial charge in [-0.05, 0) is 24.1 Å². The van der Waals surface area contributed by atoms with Crippen molar-refractivity contribution in [2.24, 2.45) is 0 Å². The quantitative estimate of drug-likeness (QED) is 0.392. The van der Waals surface area contributed by atoms with Crippen LogP contribution in [0.4, 0.5) is 5.95 Å². The predicted molar refractivity (Wildman–Crippen MR) is 129 cm³/mol. The third-order valence-corrected chi connectivity index (χ3v) is 6.17. The summed E-state index contributed by atoms with van der Waals surface area (Å²) in [5.41, 5.74) is 0.998. The van der Waals surface area contributed by atoms with Crippen LogP contribution in [0.2, 0.25) is 0 Å². The second-order valence-corrected chi connectivity index (χ2v) is 8.71. The Balaban J connectivity index is 1.32. The highest BCUT2D eigenvalue weighted by Crippen LogP contribution is 2.18. The van der Waals surface area contributed by atoms with Crippen molar-refractivity contribution in [2.75, 3.05) is 31.5 Å². The first kappa shape index (κ1) is 23.7. The first-order chi connectivity index (χ1) is 16.5. The molecule has 0 aromatic carbocycles. The van der Waals surface area contributed by atoms with Gasteiger partial charge in [0.25, 0.3) is 11.5 Å². The minimum Gasteiger partial charge on any atom is -0.459 e. The molecule has 182 valence electrons. The van der Waals surface area contributed by atoms with E-state index >= 15 is 0 Å². The summed E-state index contributed by atoms with van der Waals surface area (Å²) in [6.07, 6.45) is 9.02. The van der Waals surface area contributed by atoms with E-state index in [1.807, 2.05) is 0 Å². The lowest BCUT2D eigenvalue weighted by atomic mass is 10.1. The summed E-state index contributed by atoms with van der Waals surface area (Å²) >= 11 is 0. The molecule has 3 aromatic rings. The zero-order valence-electron chi connectivity index (χ0n) is 19.6. The highest BCUT2D eigenvalue weighted by Gasteiger charge is 2.24. The van der Waals surface area contributed by atoms with Crippen LogP contribution >= 0.6 is 0 Å². The van der Waals surface area contributed by atoms with E-state index in [1.54, 1.807) is 23.2 Å². The molecule has 4 heterocycles. The van der Waals surface area contributed by atoms with Gasteiger partial charge in [-0.2, -0.15) is 4.98 Å². The van der Waals surface area contributed by atoms with Gasteiger partial charge < -0.3 is 14.3 Å². The van der Waals surface area contributed by atoms with Crippen LogP contribution in [0.3, 0.4) is 0 Å². The fourth-order valence-electron chi connectivity index (χ4n) is 4.28. The molecule has 0 spiro atoms. The number of aromatic amines is 2. The molecule has 0 radical (unpaired) electrons. The summed E-state index contributed by atoms with van der Waals surface area (Å²) in [4.78, 5) is 51.5. The number of rotatable bonds is 10. The summed E-state index contributed by atoms with van der Waals surface area (Å²) in [5, 5.41) is 3.19. The number of nitrogens with one attached hydrogen (secondary N) is 3. The number of aromatic nitrogens is 3. The van der Waals surface area contributed by atoms with Crippen molar-refractivity contribution >= 4 is 28.8 Å². The number of amides is 2. The second kappa shape index (κ2) is 11.1. The average Bonchev–Trinajstić information content (AvgIpc) is 3.50. The normalized spacial score (nSPS) is 14.6. The SMILES string of the molecule is CCCCCCCC(=O)Nc1nc2[nH]cc(CN3CCN(C(=O)c4ccco4)CC3)c2c(=O)[nH]1. The number of carbonyl (C=O) groups excluding carboxylic acids is 2. The minimum absolute atomic E-state index is 0.104. The Hall–Kier alpha value is -3.40. The first-order valence-electron chi connectivity index (χ1n) is 12.0. The van der Waals surface area contributed by atoms with Crippen LogP contribution < -0.4 is 10.9 Å². The van der Waals surface area contributed by atoms with Crippen molar-refractivity contribution in [1.29, 1.82) is 0 Å². The van der Waals surface area contributed by atoms with Crippen molar-refractivity contribution in [2.45, 2.75) is 52.0 Å². The molecule has 1 aliphatic rings. The van der Waals surface area contributed by atoms with Gasteiger partial charge in [-0.3, -0.25) is 29.6 Å². The van der Waals surface area contributed by atoms with Gasteiger partial charge in [-0.25, -0.2) is 0 Å². The van der Waals surface area contributed by atoms with Gasteiger partial charge in [0.15, 0.2) is 5.76 Å². The summed E-state index contributed by atoms with van der Waals surface area (Å²) in [6.45, 7) is 5.28. The molecule has 10 heteroatoms. The van der Waals surface area contributed by atoms with E-state index in [0.717, 1.165) is 31.2 Å². The van der Waals surface area contributed by atoms with E-state index in [1.165, 1.54) is 12.7 Å². The number of carbonyl (C=O) groups is 2. The monoisotopic (exact) mass is 468 g/mol. The number of nitrogens with zero attached hydrogens (tertiary/aromatic N) is 3. The fraction of sp³-hybridized carbons (Fsp3) is 0.500. The lowest BCUT2D eigenvalue weighted by Crippen LogP contribution is -2.48. The molecule has 34 heavy (non-hydrogen) atoms. The van der Waals surface area contributed by atoms with E-state index in [0.29, 0.717) is 55.9 Å². The fourth-order valence-corrected chi connectivity index (χ4v) is 4.28. The minimum atomic E-state index is -0.286. The Morgan fingerprint density at radius 3 is 2.68 bits per heavy atom. The topological polar surface area (TPSA) is 127 Å². The van der Waals surface area contributed by atoms with E-state index < -0.39 is 0 Å². The summed E-state index contributed by atoms with van der Waals surface area (Å²) < 4.78 is 5.21. The Morgan fingerprint density at radius 2 is 1.94 bits per heavy atom. The maximum atomic E-state index is 12.8. The number of anilines is 1. The van der Waals surface area contributed by atoms with Crippen molar-refractivity contribution < 1.29 is 14.0 Å². The Bertz CT molecular complexity index is 1160.